The summed E-state index contributed by atoms with van der Waals surface area (Å²) < 4.78 is 66.7. The quantitative estimate of drug-likeness (QED) is 0.513. The van der Waals surface area contributed by atoms with Crippen LogP contribution in [0.5, 0.6) is 0 Å². The van der Waals surface area contributed by atoms with E-state index in [4.69, 9.17) is 0 Å². The zero-order valence-electron chi connectivity index (χ0n) is 17.0. The molecule has 31 heavy (non-hydrogen) atoms. The predicted molar refractivity (Wildman–Crippen MR) is 113 cm³/mol. The predicted octanol–water partition coefficient (Wildman–Crippen LogP) is 5.10. The van der Waals surface area contributed by atoms with Gasteiger partial charge in [0.2, 0.25) is 15.8 Å². The van der Waals surface area contributed by atoms with Gasteiger partial charge in [-0.15, -0.1) is 0 Å². The number of carbonyl (C=O) groups is 1. The van der Waals surface area contributed by atoms with Crippen LogP contribution in [0.2, 0.25) is 0 Å². The highest BCUT2D eigenvalue weighted by atomic mass is 32.2. The molecule has 0 saturated heterocycles. The van der Waals surface area contributed by atoms with Gasteiger partial charge in [-0.1, -0.05) is 49.4 Å². The van der Waals surface area contributed by atoms with Crippen molar-refractivity contribution in [1.82, 2.24) is 4.98 Å². The van der Waals surface area contributed by atoms with Gasteiger partial charge in [0, 0.05) is 22.9 Å². The van der Waals surface area contributed by atoms with Gasteiger partial charge in [-0.25, -0.2) is 8.42 Å². The van der Waals surface area contributed by atoms with E-state index >= 15 is 0 Å². The summed E-state index contributed by atoms with van der Waals surface area (Å²) in [6.45, 7) is 2.88. The van der Waals surface area contributed by atoms with Crippen molar-refractivity contribution in [2.24, 2.45) is 0 Å². The number of nitrogens with one attached hydrogen (secondary N) is 2. The van der Waals surface area contributed by atoms with Crippen molar-refractivity contribution in [3.63, 3.8) is 0 Å². The van der Waals surface area contributed by atoms with Crippen LogP contribution in [0.3, 0.4) is 0 Å². The van der Waals surface area contributed by atoms with E-state index in [-0.39, 0.29) is 22.5 Å². The van der Waals surface area contributed by atoms with E-state index < -0.39 is 33.5 Å². The Morgan fingerprint density at radius 1 is 1.03 bits per heavy atom. The molecule has 1 heterocycles. The molecule has 1 aromatic heterocycles. The summed E-state index contributed by atoms with van der Waals surface area (Å²) in [5.41, 5.74) is -0.113. The van der Waals surface area contributed by atoms with Crippen LogP contribution in [-0.4, -0.2) is 25.4 Å². The Morgan fingerprint density at radius 2 is 1.61 bits per heavy atom. The third kappa shape index (κ3) is 4.99. The molecule has 2 aromatic carbocycles. The number of sulfonamides is 1. The Kier molecular flexibility index (Phi) is 6.00. The first-order chi connectivity index (χ1) is 14.4. The average Bonchev–Trinajstić information content (AvgIpc) is 3.04. The Balaban J connectivity index is 2.04. The highest BCUT2D eigenvalue weighted by Gasteiger charge is 2.40. The van der Waals surface area contributed by atoms with Crippen LogP contribution in [0, 0.1) is 6.92 Å². The number of benzene rings is 2. The van der Waals surface area contributed by atoms with Gasteiger partial charge in [0.1, 0.15) is 0 Å². The lowest BCUT2D eigenvalue weighted by atomic mass is 9.93. The summed E-state index contributed by atoms with van der Waals surface area (Å²) in [7, 11) is -3.47. The van der Waals surface area contributed by atoms with Crippen molar-refractivity contribution < 1.29 is 26.4 Å². The van der Waals surface area contributed by atoms with Crippen molar-refractivity contribution in [3.8, 4) is 0 Å². The first-order valence-corrected chi connectivity index (χ1v) is 11.2. The SMILES string of the molecule is Cc1c(C(=O)c2ccccc2)[nH]c(C(C)c2ccc(NS(C)(=O)=O)cc2)c1C(F)(F)F. The van der Waals surface area contributed by atoms with E-state index in [1.807, 2.05) is 0 Å². The number of hydrogen-bond acceptors (Lipinski definition) is 3. The Bertz CT molecular complexity index is 1200. The van der Waals surface area contributed by atoms with Crippen LogP contribution < -0.4 is 4.72 Å². The van der Waals surface area contributed by atoms with E-state index in [0.29, 0.717) is 11.3 Å². The minimum absolute atomic E-state index is 0.101. The molecule has 3 aromatic rings. The van der Waals surface area contributed by atoms with E-state index in [0.717, 1.165) is 6.26 Å². The molecule has 0 aliphatic heterocycles. The van der Waals surface area contributed by atoms with Crippen molar-refractivity contribution >= 4 is 21.5 Å². The Morgan fingerprint density at radius 3 is 2.13 bits per heavy atom. The summed E-state index contributed by atoms with van der Waals surface area (Å²) in [4.78, 5) is 15.6. The molecule has 1 atom stereocenters. The Hall–Kier alpha value is -3.07. The number of anilines is 1. The first-order valence-electron chi connectivity index (χ1n) is 9.35. The maximum absolute atomic E-state index is 13.9. The number of alkyl halides is 3. The highest BCUT2D eigenvalue weighted by molar-refractivity contribution is 7.92. The monoisotopic (exact) mass is 450 g/mol. The van der Waals surface area contributed by atoms with Gasteiger partial charge in [-0.05, 0) is 30.2 Å². The van der Waals surface area contributed by atoms with Crippen LogP contribution in [-0.2, 0) is 16.2 Å². The minimum Gasteiger partial charge on any atom is -0.354 e. The summed E-state index contributed by atoms with van der Waals surface area (Å²) in [6.07, 6.45) is -3.65. The second-order valence-electron chi connectivity index (χ2n) is 7.32. The van der Waals surface area contributed by atoms with Crippen molar-refractivity contribution in [2.45, 2.75) is 25.9 Å². The van der Waals surface area contributed by atoms with Gasteiger partial charge < -0.3 is 4.98 Å². The molecular formula is C22H21F3N2O3S. The van der Waals surface area contributed by atoms with Crippen LogP contribution >= 0.6 is 0 Å². The summed E-state index contributed by atoms with van der Waals surface area (Å²) in [5, 5.41) is 0. The summed E-state index contributed by atoms with van der Waals surface area (Å²) in [5.74, 6) is -1.24. The third-order valence-electron chi connectivity index (χ3n) is 4.97. The van der Waals surface area contributed by atoms with Crippen molar-refractivity contribution in [2.75, 3.05) is 11.0 Å². The maximum Gasteiger partial charge on any atom is 0.418 e. The largest absolute Gasteiger partial charge is 0.418 e. The van der Waals surface area contributed by atoms with E-state index in [1.54, 1.807) is 49.4 Å². The third-order valence-corrected chi connectivity index (χ3v) is 5.58. The molecule has 5 nitrogen and oxygen atoms in total. The van der Waals surface area contributed by atoms with Gasteiger partial charge in [-0.3, -0.25) is 9.52 Å². The number of ketones is 1. The fourth-order valence-corrected chi connectivity index (χ4v) is 4.05. The lowest BCUT2D eigenvalue weighted by Gasteiger charge is -2.16. The standard InChI is InChI=1S/C22H21F3N2O3S/c1-13(15-9-11-17(12-10-15)27-31(3,29)30)19-18(22(23,24)25)14(2)20(26-19)21(28)16-7-5-4-6-8-16/h4-13,26-27H,1-3H3. The average molecular weight is 450 g/mol. The van der Waals surface area contributed by atoms with Gasteiger partial charge >= 0.3 is 6.18 Å². The summed E-state index contributed by atoms with van der Waals surface area (Å²) in [6, 6.07) is 14.2. The van der Waals surface area contributed by atoms with E-state index in [2.05, 4.69) is 9.71 Å². The van der Waals surface area contributed by atoms with E-state index in [1.165, 1.54) is 19.1 Å². The number of aromatic amines is 1. The van der Waals surface area contributed by atoms with Crippen LogP contribution in [0.4, 0.5) is 18.9 Å². The fraction of sp³-hybridized carbons (Fsp3) is 0.227. The number of aromatic nitrogens is 1. The number of halogens is 3. The molecule has 3 rings (SSSR count). The number of rotatable bonds is 6. The molecule has 164 valence electrons. The summed E-state index contributed by atoms with van der Waals surface area (Å²) >= 11 is 0. The number of hydrogen-bond donors (Lipinski definition) is 2. The first kappa shape index (κ1) is 22.6. The van der Waals surface area contributed by atoms with Gasteiger partial charge in [-0.2, -0.15) is 13.2 Å². The molecule has 1 unspecified atom stereocenters. The highest BCUT2D eigenvalue weighted by Crippen LogP contribution is 2.41. The molecule has 0 spiro atoms. The molecule has 0 aliphatic rings. The minimum atomic E-state index is -4.66. The van der Waals surface area contributed by atoms with Crippen molar-refractivity contribution in [1.29, 1.82) is 0 Å². The zero-order chi connectivity index (χ0) is 23.0. The second kappa shape index (κ2) is 8.22. The van der Waals surface area contributed by atoms with Crippen molar-refractivity contribution in [3.05, 3.63) is 88.2 Å². The Labute approximate surface area is 178 Å². The fourth-order valence-electron chi connectivity index (χ4n) is 3.49. The molecular weight excluding hydrogens is 429 g/mol. The smallest absolute Gasteiger partial charge is 0.354 e. The molecule has 0 radical (unpaired) electrons. The molecule has 9 heteroatoms. The molecule has 2 N–H and O–H groups in total. The zero-order valence-corrected chi connectivity index (χ0v) is 17.9. The van der Waals surface area contributed by atoms with E-state index in [9.17, 15) is 26.4 Å². The van der Waals surface area contributed by atoms with Gasteiger partial charge in [0.15, 0.2) is 0 Å². The number of H-pyrrole nitrogens is 1. The molecule has 0 fully saturated rings. The van der Waals surface area contributed by atoms with Gasteiger partial charge in [0.05, 0.1) is 17.5 Å². The molecule has 0 bridgehead atoms. The van der Waals surface area contributed by atoms with Crippen LogP contribution in [0.15, 0.2) is 54.6 Å². The number of carbonyl (C=O) groups excluding carboxylic acids is 1. The molecule has 0 saturated carbocycles. The van der Waals surface area contributed by atoms with Crippen LogP contribution in [0.25, 0.3) is 0 Å². The normalized spacial score (nSPS) is 13.1. The second-order valence-corrected chi connectivity index (χ2v) is 9.07. The lowest BCUT2D eigenvalue weighted by molar-refractivity contribution is -0.138. The van der Waals surface area contributed by atoms with Crippen LogP contribution in [0.1, 0.15) is 51.3 Å². The lowest BCUT2D eigenvalue weighted by Crippen LogP contribution is -2.12. The van der Waals surface area contributed by atoms with Gasteiger partial charge in [0.25, 0.3) is 0 Å². The topological polar surface area (TPSA) is 79.0 Å². The molecule has 0 aliphatic carbocycles. The molecule has 0 amide bonds. The maximum atomic E-state index is 13.9.